The van der Waals surface area contributed by atoms with Crippen molar-refractivity contribution in [2.45, 2.75) is 0 Å². The molecule has 17 heavy (non-hydrogen) atoms. The Labute approximate surface area is 120 Å². The molecule has 0 spiro atoms. The van der Waals surface area contributed by atoms with Crippen LogP contribution in [0, 0.1) is 0 Å². The number of ether oxygens (including phenoxy) is 2. The van der Waals surface area contributed by atoms with Crippen molar-refractivity contribution in [1.29, 1.82) is 0 Å². The van der Waals surface area contributed by atoms with Gasteiger partial charge in [-0.3, -0.25) is 0 Å². The smallest absolute Gasteiger partial charge is 0.395 e. The summed E-state index contributed by atoms with van der Waals surface area (Å²) in [5.74, 6) is 0.923. The second-order valence-corrected chi connectivity index (χ2v) is 3.08. The Morgan fingerprint density at radius 3 is 1.41 bits per heavy atom. The average molecular weight is 421 g/mol. The largest absolute Gasteiger partial charge is 0.519 e. The van der Waals surface area contributed by atoms with Crippen molar-refractivity contribution in [2.75, 3.05) is 0 Å². The molecule has 4 radical (unpaired) electrons. The zero-order chi connectivity index (χ0) is 11.2. The number of hydrogen-bond donors (Lipinski definition) is 0. The van der Waals surface area contributed by atoms with Gasteiger partial charge in [0.25, 0.3) is 0 Å². The number of benzene rings is 2. The summed E-state index contributed by atoms with van der Waals surface area (Å²) in [5, 5.41) is 0. The molecule has 0 saturated heterocycles. The van der Waals surface area contributed by atoms with E-state index in [0.29, 0.717) is 11.5 Å². The van der Waals surface area contributed by atoms with Crippen LogP contribution in [0.2, 0.25) is 0 Å². The van der Waals surface area contributed by atoms with Gasteiger partial charge in [0.1, 0.15) is 11.5 Å². The Kier molecular flexibility index (Phi) is 5.68. The number of hydrogen-bond acceptors (Lipinski definition) is 3. The molecule has 0 fully saturated rings. The van der Waals surface area contributed by atoms with Crippen LogP contribution in [0.4, 0.5) is 4.79 Å². The van der Waals surface area contributed by atoms with Crippen LogP contribution in [0.25, 0.3) is 0 Å². The van der Waals surface area contributed by atoms with Crippen LogP contribution in [0.5, 0.6) is 11.5 Å². The number of carbonyl (C=O) groups is 1. The molecule has 84 valence electrons. The van der Waals surface area contributed by atoms with E-state index in [1.165, 1.54) is 0 Å². The van der Waals surface area contributed by atoms with Gasteiger partial charge in [-0.25, -0.2) is 4.79 Å². The average Bonchev–Trinajstić information content (AvgIpc) is 2.31. The molecule has 0 unspecified atom stereocenters. The summed E-state index contributed by atoms with van der Waals surface area (Å²) in [6.45, 7) is 0. The van der Waals surface area contributed by atoms with Gasteiger partial charge in [0, 0.05) is 27.3 Å². The van der Waals surface area contributed by atoms with E-state index in [1.807, 2.05) is 12.1 Å². The predicted molar refractivity (Wildman–Crippen MR) is 65.3 cm³/mol. The normalized spacial score (nSPS) is 8.94. The molecule has 2 rings (SSSR count). The second kappa shape index (κ2) is 7.06. The third-order valence-electron chi connectivity index (χ3n) is 1.89. The molecular weight excluding hydrogens is 411 g/mol. The summed E-state index contributed by atoms with van der Waals surface area (Å²) >= 11 is 0. The van der Waals surface area contributed by atoms with Crippen LogP contribution < -0.4 is 9.47 Å². The summed E-state index contributed by atoms with van der Waals surface area (Å²) < 4.78 is 9.91. The van der Waals surface area contributed by atoms with Gasteiger partial charge in [-0.2, -0.15) is 0 Å². The van der Waals surface area contributed by atoms with Crippen molar-refractivity contribution in [2.24, 2.45) is 0 Å². The van der Waals surface area contributed by atoms with E-state index in [4.69, 9.17) is 9.47 Å². The van der Waals surface area contributed by atoms with Gasteiger partial charge in [0.2, 0.25) is 0 Å². The summed E-state index contributed by atoms with van der Waals surface area (Å²) in [6, 6.07) is 17.6. The fourth-order valence-corrected chi connectivity index (χ4v) is 1.19. The standard InChI is InChI=1S/C13H10O3.Pb/c14-13(15-11-7-3-1-4-8-11)16-12-9-5-2-6-10-12;/h1-10H;. The van der Waals surface area contributed by atoms with Crippen molar-refractivity contribution >= 4 is 33.5 Å². The van der Waals surface area contributed by atoms with E-state index in [9.17, 15) is 4.79 Å². The Morgan fingerprint density at radius 1 is 0.706 bits per heavy atom. The minimum atomic E-state index is -0.739. The van der Waals surface area contributed by atoms with E-state index in [-0.39, 0.29) is 27.3 Å². The van der Waals surface area contributed by atoms with Crippen molar-refractivity contribution < 1.29 is 14.3 Å². The zero-order valence-corrected chi connectivity index (χ0v) is 12.9. The Balaban J connectivity index is 0.00000144. The molecule has 0 amide bonds. The monoisotopic (exact) mass is 422 g/mol. The van der Waals surface area contributed by atoms with Gasteiger partial charge in [-0.15, -0.1) is 0 Å². The van der Waals surface area contributed by atoms with Crippen LogP contribution in [-0.4, -0.2) is 33.5 Å². The molecule has 0 aromatic heterocycles. The van der Waals surface area contributed by atoms with Crippen LogP contribution in [-0.2, 0) is 0 Å². The quantitative estimate of drug-likeness (QED) is 0.425. The number of para-hydroxylation sites is 2. The number of carbonyl (C=O) groups excluding carboxylic acids is 1. The van der Waals surface area contributed by atoms with E-state index >= 15 is 0 Å². The van der Waals surface area contributed by atoms with Crippen LogP contribution >= 0.6 is 0 Å². The summed E-state index contributed by atoms with van der Waals surface area (Å²) in [7, 11) is 0. The summed E-state index contributed by atoms with van der Waals surface area (Å²) in [5.41, 5.74) is 0. The first kappa shape index (κ1) is 13.7. The molecule has 0 atom stereocenters. The fourth-order valence-electron chi connectivity index (χ4n) is 1.19. The first-order valence-electron chi connectivity index (χ1n) is 4.84. The van der Waals surface area contributed by atoms with Gasteiger partial charge in [0.15, 0.2) is 0 Å². The molecule has 0 aliphatic rings. The Bertz CT molecular complexity index is 413. The second-order valence-electron chi connectivity index (χ2n) is 3.08. The molecule has 4 heteroatoms. The summed E-state index contributed by atoms with van der Waals surface area (Å²) in [4.78, 5) is 11.3. The summed E-state index contributed by atoms with van der Waals surface area (Å²) in [6.07, 6.45) is -0.739. The third kappa shape index (κ3) is 4.56. The minimum absolute atomic E-state index is 0. The molecule has 2 aromatic rings. The molecule has 0 saturated carbocycles. The first-order chi connectivity index (χ1) is 7.84. The molecule has 0 N–H and O–H groups in total. The molecule has 3 nitrogen and oxygen atoms in total. The van der Waals surface area contributed by atoms with Gasteiger partial charge in [0.05, 0.1) is 0 Å². The van der Waals surface area contributed by atoms with Gasteiger partial charge in [-0.1, -0.05) is 36.4 Å². The third-order valence-corrected chi connectivity index (χ3v) is 1.89. The zero-order valence-electron chi connectivity index (χ0n) is 9.00. The minimum Gasteiger partial charge on any atom is -0.395 e. The van der Waals surface area contributed by atoms with E-state index in [0.717, 1.165) is 0 Å². The maximum atomic E-state index is 11.3. The fraction of sp³-hybridized carbons (Fsp3) is 0. The SMILES string of the molecule is O=C(Oc1ccccc1)Oc1ccccc1.[Pb]. The van der Waals surface area contributed by atoms with Crippen molar-refractivity contribution in [3.63, 3.8) is 0 Å². The van der Waals surface area contributed by atoms with E-state index in [1.54, 1.807) is 48.5 Å². The van der Waals surface area contributed by atoms with Gasteiger partial charge in [-0.05, 0) is 24.3 Å². The molecule has 0 bridgehead atoms. The predicted octanol–water partition coefficient (Wildman–Crippen LogP) is 2.88. The van der Waals surface area contributed by atoms with Crippen molar-refractivity contribution in [1.82, 2.24) is 0 Å². The molecule has 0 aliphatic carbocycles. The number of rotatable bonds is 2. The molecule has 0 heterocycles. The van der Waals surface area contributed by atoms with Crippen LogP contribution in [0.15, 0.2) is 60.7 Å². The van der Waals surface area contributed by atoms with Crippen molar-refractivity contribution in [3.8, 4) is 11.5 Å². The first-order valence-corrected chi connectivity index (χ1v) is 4.84. The Hall–Kier alpha value is -1.37. The molecule has 0 aliphatic heterocycles. The molecule has 2 aromatic carbocycles. The van der Waals surface area contributed by atoms with Crippen LogP contribution in [0.1, 0.15) is 0 Å². The van der Waals surface area contributed by atoms with E-state index < -0.39 is 6.16 Å². The van der Waals surface area contributed by atoms with Crippen LogP contribution in [0.3, 0.4) is 0 Å². The van der Waals surface area contributed by atoms with Gasteiger partial charge >= 0.3 is 6.16 Å². The maximum absolute atomic E-state index is 11.3. The van der Waals surface area contributed by atoms with Crippen molar-refractivity contribution in [3.05, 3.63) is 60.7 Å². The van der Waals surface area contributed by atoms with E-state index in [2.05, 4.69) is 0 Å². The Morgan fingerprint density at radius 2 is 1.06 bits per heavy atom. The molecular formula is C13H10O3Pb. The van der Waals surface area contributed by atoms with Gasteiger partial charge < -0.3 is 9.47 Å². The topological polar surface area (TPSA) is 35.5 Å². The maximum Gasteiger partial charge on any atom is 0.519 e.